The van der Waals surface area contributed by atoms with Crippen molar-refractivity contribution in [2.24, 2.45) is 0 Å². The average molecular weight is 396 g/mol. The number of ether oxygens (including phenoxy) is 2. The van der Waals surface area contributed by atoms with E-state index in [9.17, 15) is 4.79 Å². The Hall–Kier alpha value is -2.93. The zero-order valence-corrected chi connectivity index (χ0v) is 16.5. The molecular formula is C21H20N2O4S. The molecule has 0 fully saturated rings. The maximum atomic E-state index is 12.4. The number of hydrogen-bond donors (Lipinski definition) is 1. The molecule has 0 atom stereocenters. The van der Waals surface area contributed by atoms with Gasteiger partial charge in [-0.1, -0.05) is 6.07 Å². The van der Waals surface area contributed by atoms with Crippen molar-refractivity contribution < 1.29 is 18.7 Å². The molecule has 2 aromatic carbocycles. The van der Waals surface area contributed by atoms with Crippen LogP contribution in [0.5, 0.6) is 11.5 Å². The molecule has 0 aliphatic carbocycles. The van der Waals surface area contributed by atoms with E-state index < -0.39 is 0 Å². The summed E-state index contributed by atoms with van der Waals surface area (Å²) in [5.74, 6) is 3.02. The Morgan fingerprint density at radius 3 is 2.71 bits per heavy atom. The maximum absolute atomic E-state index is 12.4. The van der Waals surface area contributed by atoms with Crippen molar-refractivity contribution >= 4 is 23.4 Å². The zero-order valence-electron chi connectivity index (χ0n) is 15.7. The summed E-state index contributed by atoms with van der Waals surface area (Å²) in [5.41, 5.74) is 2.40. The van der Waals surface area contributed by atoms with Crippen LogP contribution in [-0.2, 0) is 4.79 Å². The van der Waals surface area contributed by atoms with E-state index in [1.807, 2.05) is 56.3 Å². The first kappa shape index (κ1) is 18.4. The molecule has 0 radical (unpaired) electrons. The van der Waals surface area contributed by atoms with Gasteiger partial charge in [0.1, 0.15) is 19.0 Å². The van der Waals surface area contributed by atoms with Gasteiger partial charge in [-0.25, -0.2) is 4.98 Å². The second-order valence-electron chi connectivity index (χ2n) is 6.38. The van der Waals surface area contributed by atoms with Crippen LogP contribution in [0, 0.1) is 13.8 Å². The Morgan fingerprint density at radius 2 is 1.93 bits per heavy atom. The quantitative estimate of drug-likeness (QED) is 0.642. The average Bonchev–Trinajstić information content (AvgIpc) is 3.05. The Balaban J connectivity index is 1.38. The fraction of sp³-hybridized carbons (Fsp3) is 0.238. The largest absolute Gasteiger partial charge is 0.486 e. The number of benzene rings is 2. The summed E-state index contributed by atoms with van der Waals surface area (Å²) >= 11 is 1.45. The number of carbonyl (C=O) groups is 1. The van der Waals surface area contributed by atoms with Crippen molar-refractivity contribution in [1.29, 1.82) is 0 Å². The minimum absolute atomic E-state index is 0.0863. The molecule has 0 unspecified atom stereocenters. The van der Waals surface area contributed by atoms with E-state index in [0.29, 0.717) is 30.5 Å². The van der Waals surface area contributed by atoms with E-state index in [0.717, 1.165) is 33.4 Å². The third-order valence-corrected chi connectivity index (χ3v) is 5.30. The second kappa shape index (κ2) is 7.98. The molecule has 0 bridgehead atoms. The van der Waals surface area contributed by atoms with Crippen molar-refractivity contribution in [2.45, 2.75) is 18.7 Å². The van der Waals surface area contributed by atoms with Gasteiger partial charge >= 0.3 is 0 Å². The highest BCUT2D eigenvalue weighted by Gasteiger charge is 2.13. The summed E-state index contributed by atoms with van der Waals surface area (Å²) in [4.78, 5) is 17.7. The lowest BCUT2D eigenvalue weighted by atomic mass is 10.2. The third-order valence-electron chi connectivity index (χ3n) is 4.31. The van der Waals surface area contributed by atoms with Crippen LogP contribution in [0.4, 0.5) is 5.69 Å². The molecule has 1 aromatic heterocycles. The van der Waals surface area contributed by atoms with Crippen molar-refractivity contribution in [2.75, 3.05) is 24.3 Å². The highest BCUT2D eigenvalue weighted by molar-refractivity contribution is 8.00. The van der Waals surface area contributed by atoms with Gasteiger partial charge in [-0.3, -0.25) is 4.79 Å². The van der Waals surface area contributed by atoms with E-state index in [2.05, 4.69) is 10.3 Å². The minimum atomic E-state index is -0.0863. The highest BCUT2D eigenvalue weighted by Crippen LogP contribution is 2.34. The monoisotopic (exact) mass is 396 g/mol. The van der Waals surface area contributed by atoms with Crippen LogP contribution >= 0.6 is 11.8 Å². The highest BCUT2D eigenvalue weighted by atomic mass is 32.2. The minimum Gasteiger partial charge on any atom is -0.486 e. The van der Waals surface area contributed by atoms with Crippen LogP contribution in [-0.4, -0.2) is 29.9 Å². The summed E-state index contributed by atoms with van der Waals surface area (Å²) in [6, 6.07) is 13.2. The van der Waals surface area contributed by atoms with Gasteiger partial charge in [-0.05, 0) is 50.2 Å². The molecule has 1 aliphatic rings. The number of anilines is 1. The number of aromatic nitrogens is 1. The van der Waals surface area contributed by atoms with Crippen molar-refractivity contribution in [3.05, 3.63) is 53.9 Å². The lowest BCUT2D eigenvalue weighted by Crippen LogP contribution is -2.15. The number of carbonyl (C=O) groups excluding carboxylic acids is 1. The molecule has 0 spiro atoms. The summed E-state index contributed by atoms with van der Waals surface area (Å²) in [5, 5.41) is 2.92. The standard InChI is InChI=1S/C21H20N2O4S/c1-13-14(2)27-21(22-13)15-4-3-5-16(10-15)23-20(24)12-28-17-6-7-18-19(11-17)26-9-8-25-18/h3-7,10-11H,8-9,12H2,1-2H3,(H,23,24). The van der Waals surface area contributed by atoms with E-state index in [4.69, 9.17) is 13.9 Å². The number of oxazole rings is 1. The smallest absolute Gasteiger partial charge is 0.234 e. The first-order chi connectivity index (χ1) is 13.6. The number of fused-ring (bicyclic) bond motifs is 1. The molecule has 0 saturated heterocycles. The second-order valence-corrected chi connectivity index (χ2v) is 7.43. The molecule has 7 heteroatoms. The number of nitrogens with zero attached hydrogens (tertiary/aromatic N) is 1. The van der Waals surface area contributed by atoms with Crippen LogP contribution in [0.2, 0.25) is 0 Å². The van der Waals surface area contributed by atoms with Gasteiger partial charge in [0.2, 0.25) is 11.8 Å². The Morgan fingerprint density at radius 1 is 1.11 bits per heavy atom. The molecule has 1 aliphatic heterocycles. The zero-order chi connectivity index (χ0) is 19.5. The van der Waals surface area contributed by atoms with Crippen LogP contribution in [0.25, 0.3) is 11.5 Å². The Kier molecular flexibility index (Phi) is 5.25. The topological polar surface area (TPSA) is 73.6 Å². The van der Waals surface area contributed by atoms with Crippen molar-refractivity contribution in [1.82, 2.24) is 4.98 Å². The third kappa shape index (κ3) is 4.14. The van der Waals surface area contributed by atoms with E-state index >= 15 is 0 Å². The Bertz CT molecular complexity index is 996. The fourth-order valence-electron chi connectivity index (χ4n) is 2.79. The Labute approximate surface area is 167 Å². The van der Waals surface area contributed by atoms with Gasteiger partial charge < -0.3 is 19.2 Å². The lowest BCUT2D eigenvalue weighted by Gasteiger charge is -2.18. The molecule has 6 nitrogen and oxygen atoms in total. The van der Waals surface area contributed by atoms with Crippen LogP contribution in [0.1, 0.15) is 11.5 Å². The number of rotatable bonds is 5. The van der Waals surface area contributed by atoms with Gasteiger partial charge in [-0.2, -0.15) is 0 Å². The van der Waals surface area contributed by atoms with E-state index in [1.54, 1.807) is 0 Å². The predicted octanol–water partition coefficient (Wildman–Crippen LogP) is 4.46. The molecule has 1 amide bonds. The normalized spacial score (nSPS) is 12.6. The van der Waals surface area contributed by atoms with Gasteiger partial charge in [0, 0.05) is 16.1 Å². The molecule has 144 valence electrons. The van der Waals surface area contributed by atoms with Crippen LogP contribution in [0.15, 0.2) is 51.8 Å². The van der Waals surface area contributed by atoms with E-state index in [1.165, 1.54) is 11.8 Å². The molecule has 4 rings (SSSR count). The maximum Gasteiger partial charge on any atom is 0.234 e. The van der Waals surface area contributed by atoms with Gasteiger partial charge in [0.25, 0.3) is 0 Å². The first-order valence-electron chi connectivity index (χ1n) is 8.95. The van der Waals surface area contributed by atoms with Crippen LogP contribution in [0.3, 0.4) is 0 Å². The number of amides is 1. The van der Waals surface area contributed by atoms with E-state index in [-0.39, 0.29) is 5.91 Å². The number of hydrogen-bond acceptors (Lipinski definition) is 6. The number of nitrogens with one attached hydrogen (secondary N) is 1. The summed E-state index contributed by atoms with van der Waals surface area (Å²) < 4.78 is 16.8. The first-order valence-corrected chi connectivity index (χ1v) is 9.94. The predicted molar refractivity (Wildman–Crippen MR) is 108 cm³/mol. The number of thioether (sulfide) groups is 1. The fourth-order valence-corrected chi connectivity index (χ4v) is 3.51. The van der Waals surface area contributed by atoms with Crippen LogP contribution < -0.4 is 14.8 Å². The molecule has 28 heavy (non-hydrogen) atoms. The molecule has 0 saturated carbocycles. The summed E-state index contributed by atoms with van der Waals surface area (Å²) in [6.07, 6.45) is 0. The van der Waals surface area contributed by atoms with Crippen molar-refractivity contribution in [3.8, 4) is 23.0 Å². The van der Waals surface area contributed by atoms with Gasteiger partial charge in [0.15, 0.2) is 11.5 Å². The van der Waals surface area contributed by atoms with Gasteiger partial charge in [-0.15, -0.1) is 11.8 Å². The molecule has 1 N–H and O–H groups in total. The molecular weight excluding hydrogens is 376 g/mol. The molecule has 2 heterocycles. The lowest BCUT2D eigenvalue weighted by molar-refractivity contribution is -0.113. The summed E-state index contributed by atoms with van der Waals surface area (Å²) in [7, 11) is 0. The molecule has 3 aromatic rings. The van der Waals surface area contributed by atoms with Gasteiger partial charge in [0.05, 0.1) is 11.4 Å². The summed E-state index contributed by atoms with van der Waals surface area (Å²) in [6.45, 7) is 4.89. The number of aryl methyl sites for hydroxylation is 2. The van der Waals surface area contributed by atoms with Crippen molar-refractivity contribution in [3.63, 3.8) is 0 Å². The SMILES string of the molecule is Cc1nc(-c2cccc(NC(=O)CSc3ccc4c(c3)OCCO4)c2)oc1C.